The molecule has 7 heteroatoms. The summed E-state index contributed by atoms with van der Waals surface area (Å²) in [6, 6.07) is 11.1. The number of sulfonamides is 1. The van der Waals surface area contributed by atoms with Gasteiger partial charge in [-0.3, -0.25) is 9.10 Å². The van der Waals surface area contributed by atoms with Crippen LogP contribution in [0.2, 0.25) is 0 Å². The lowest BCUT2D eigenvalue weighted by atomic mass is 10.2. The number of halogens is 1. The summed E-state index contributed by atoms with van der Waals surface area (Å²) < 4.78 is 27.3. The van der Waals surface area contributed by atoms with Gasteiger partial charge in [-0.25, -0.2) is 8.42 Å². The minimum atomic E-state index is -3.78. The number of anilines is 1. The van der Waals surface area contributed by atoms with Crippen LogP contribution in [-0.2, 0) is 10.0 Å². The minimum absolute atomic E-state index is 0.148. The number of rotatable bonds is 4. The average Bonchev–Trinajstić information content (AvgIpc) is 2.49. The maximum Gasteiger partial charge on any atom is 0.264 e. The molecule has 2 aromatic carbocycles. The Kier molecular flexibility index (Phi) is 4.58. The van der Waals surface area contributed by atoms with E-state index in [2.05, 4.69) is 15.9 Å². The number of benzene rings is 2. The van der Waals surface area contributed by atoms with Crippen LogP contribution in [-0.4, -0.2) is 21.4 Å². The standard InChI is InChI=1S/C15H15BrN2O3S/c1-10-9-11(7-8-13(10)16)22(20,21)18(2)14-6-4-3-5-12(14)15(17)19/h3-9H,1-2H3,(H2,17,19). The molecule has 0 fully saturated rings. The van der Waals surface area contributed by atoms with E-state index in [0.717, 1.165) is 14.3 Å². The van der Waals surface area contributed by atoms with Crippen LogP contribution in [0, 0.1) is 6.92 Å². The predicted octanol–water partition coefficient (Wildman–Crippen LogP) is 2.68. The molecule has 0 heterocycles. The van der Waals surface area contributed by atoms with Crippen LogP contribution >= 0.6 is 15.9 Å². The zero-order valence-corrected chi connectivity index (χ0v) is 14.5. The summed E-state index contributed by atoms with van der Waals surface area (Å²) in [6.45, 7) is 1.81. The van der Waals surface area contributed by atoms with Crippen molar-refractivity contribution < 1.29 is 13.2 Å². The highest BCUT2D eigenvalue weighted by atomic mass is 79.9. The van der Waals surface area contributed by atoms with Crippen LogP contribution in [0.25, 0.3) is 0 Å². The second-order valence-electron chi connectivity index (χ2n) is 4.76. The van der Waals surface area contributed by atoms with Crippen molar-refractivity contribution in [3.63, 3.8) is 0 Å². The molecule has 0 atom stereocenters. The quantitative estimate of drug-likeness (QED) is 0.882. The highest BCUT2D eigenvalue weighted by Gasteiger charge is 2.24. The number of nitrogens with zero attached hydrogens (tertiary/aromatic N) is 1. The first kappa shape index (κ1) is 16.5. The lowest BCUT2D eigenvalue weighted by Gasteiger charge is -2.21. The van der Waals surface area contributed by atoms with Gasteiger partial charge >= 0.3 is 0 Å². The molecule has 0 aliphatic heterocycles. The number of para-hydroxylation sites is 1. The molecule has 0 radical (unpaired) electrons. The van der Waals surface area contributed by atoms with Gasteiger partial charge in [0.2, 0.25) is 0 Å². The molecular weight excluding hydrogens is 368 g/mol. The van der Waals surface area contributed by atoms with Crippen LogP contribution in [0.3, 0.4) is 0 Å². The number of nitrogens with two attached hydrogens (primary N) is 1. The molecule has 0 aliphatic rings. The van der Waals surface area contributed by atoms with Crippen molar-refractivity contribution in [2.24, 2.45) is 5.73 Å². The Morgan fingerprint density at radius 3 is 2.41 bits per heavy atom. The fourth-order valence-electron chi connectivity index (χ4n) is 2.02. The van der Waals surface area contributed by atoms with Gasteiger partial charge in [-0.05, 0) is 42.8 Å². The molecule has 2 rings (SSSR count). The van der Waals surface area contributed by atoms with Crippen molar-refractivity contribution in [3.8, 4) is 0 Å². The topological polar surface area (TPSA) is 80.5 Å². The van der Waals surface area contributed by atoms with Crippen molar-refractivity contribution in [2.45, 2.75) is 11.8 Å². The van der Waals surface area contributed by atoms with E-state index in [1.165, 1.54) is 19.2 Å². The zero-order valence-electron chi connectivity index (χ0n) is 12.1. The van der Waals surface area contributed by atoms with E-state index in [1.54, 1.807) is 37.3 Å². The van der Waals surface area contributed by atoms with Crippen LogP contribution in [0.5, 0.6) is 0 Å². The Labute approximate surface area is 137 Å². The molecule has 1 amide bonds. The number of carbonyl (C=O) groups is 1. The third-order valence-corrected chi connectivity index (χ3v) is 5.95. The van der Waals surface area contributed by atoms with Crippen molar-refractivity contribution in [2.75, 3.05) is 11.4 Å². The molecule has 5 nitrogen and oxygen atoms in total. The smallest absolute Gasteiger partial charge is 0.264 e. The molecule has 0 saturated carbocycles. The van der Waals surface area contributed by atoms with Crippen molar-refractivity contribution in [1.82, 2.24) is 0 Å². The maximum atomic E-state index is 12.7. The molecule has 0 unspecified atom stereocenters. The monoisotopic (exact) mass is 382 g/mol. The first-order valence-corrected chi connectivity index (χ1v) is 8.62. The molecule has 22 heavy (non-hydrogen) atoms. The second-order valence-corrected chi connectivity index (χ2v) is 7.59. The van der Waals surface area contributed by atoms with E-state index in [4.69, 9.17) is 5.73 Å². The molecule has 0 saturated heterocycles. The third kappa shape index (κ3) is 3.00. The van der Waals surface area contributed by atoms with Gasteiger partial charge in [0.25, 0.3) is 15.9 Å². The number of hydrogen-bond donors (Lipinski definition) is 1. The van der Waals surface area contributed by atoms with Gasteiger partial charge in [0, 0.05) is 11.5 Å². The summed E-state index contributed by atoms with van der Waals surface area (Å²) >= 11 is 3.34. The lowest BCUT2D eigenvalue weighted by Crippen LogP contribution is -2.29. The third-order valence-electron chi connectivity index (χ3n) is 3.30. The number of aryl methyl sites for hydroxylation is 1. The summed E-state index contributed by atoms with van der Waals surface area (Å²) in [5.41, 5.74) is 6.52. The maximum absolute atomic E-state index is 12.7. The fraction of sp³-hybridized carbons (Fsp3) is 0.133. The SMILES string of the molecule is Cc1cc(S(=O)(=O)N(C)c2ccccc2C(N)=O)ccc1Br. The molecular formula is C15H15BrN2O3S. The normalized spacial score (nSPS) is 11.2. The van der Waals surface area contributed by atoms with Gasteiger partial charge in [-0.15, -0.1) is 0 Å². The number of amides is 1. The summed E-state index contributed by atoms with van der Waals surface area (Å²) in [4.78, 5) is 11.6. The first-order chi connectivity index (χ1) is 10.2. The molecule has 2 aromatic rings. The van der Waals surface area contributed by atoms with Crippen molar-refractivity contribution >= 4 is 37.5 Å². The predicted molar refractivity (Wildman–Crippen MR) is 89.4 cm³/mol. The molecule has 116 valence electrons. The summed E-state index contributed by atoms with van der Waals surface area (Å²) in [5.74, 6) is -0.676. The van der Waals surface area contributed by atoms with Gasteiger partial charge in [0.1, 0.15) is 0 Å². The van der Waals surface area contributed by atoms with E-state index in [0.29, 0.717) is 0 Å². The molecule has 0 aliphatic carbocycles. The van der Waals surface area contributed by atoms with Crippen molar-refractivity contribution in [1.29, 1.82) is 0 Å². The van der Waals surface area contributed by atoms with E-state index in [9.17, 15) is 13.2 Å². The van der Waals surface area contributed by atoms with E-state index in [1.807, 2.05) is 0 Å². The summed E-state index contributed by atoms with van der Waals surface area (Å²) in [7, 11) is -2.39. The minimum Gasteiger partial charge on any atom is -0.366 e. The van der Waals surface area contributed by atoms with Gasteiger partial charge in [-0.2, -0.15) is 0 Å². The molecule has 0 spiro atoms. The highest BCUT2D eigenvalue weighted by Crippen LogP contribution is 2.27. The van der Waals surface area contributed by atoms with Gasteiger partial charge in [0.05, 0.1) is 16.1 Å². The highest BCUT2D eigenvalue weighted by molar-refractivity contribution is 9.10. The largest absolute Gasteiger partial charge is 0.366 e. The first-order valence-electron chi connectivity index (χ1n) is 6.39. The number of hydrogen-bond acceptors (Lipinski definition) is 3. The van der Waals surface area contributed by atoms with Crippen LogP contribution in [0.1, 0.15) is 15.9 Å². The Morgan fingerprint density at radius 1 is 1.18 bits per heavy atom. The number of primary amides is 1. The molecule has 2 N–H and O–H groups in total. The summed E-state index contributed by atoms with van der Waals surface area (Å²) in [6.07, 6.45) is 0. The van der Waals surface area contributed by atoms with Gasteiger partial charge in [0.15, 0.2) is 0 Å². The van der Waals surface area contributed by atoms with Crippen LogP contribution in [0.4, 0.5) is 5.69 Å². The van der Waals surface area contributed by atoms with Crippen LogP contribution in [0.15, 0.2) is 51.8 Å². The average molecular weight is 383 g/mol. The Balaban J connectivity index is 2.54. The van der Waals surface area contributed by atoms with Crippen molar-refractivity contribution in [3.05, 3.63) is 58.1 Å². The Hall–Kier alpha value is -1.86. The second kappa shape index (κ2) is 6.10. The lowest BCUT2D eigenvalue weighted by molar-refractivity contribution is 0.100. The van der Waals surface area contributed by atoms with E-state index >= 15 is 0 Å². The Morgan fingerprint density at radius 2 is 1.82 bits per heavy atom. The fourth-order valence-corrected chi connectivity index (χ4v) is 3.57. The zero-order chi connectivity index (χ0) is 16.5. The van der Waals surface area contributed by atoms with Gasteiger partial charge < -0.3 is 5.73 Å². The number of carbonyl (C=O) groups excluding carboxylic acids is 1. The molecule has 0 aromatic heterocycles. The van der Waals surface area contributed by atoms with E-state index < -0.39 is 15.9 Å². The van der Waals surface area contributed by atoms with Crippen LogP contribution < -0.4 is 10.0 Å². The van der Waals surface area contributed by atoms with E-state index in [-0.39, 0.29) is 16.1 Å². The Bertz CT molecular complexity index is 834. The van der Waals surface area contributed by atoms with Gasteiger partial charge in [-0.1, -0.05) is 28.1 Å². The molecule has 0 bridgehead atoms. The summed E-state index contributed by atoms with van der Waals surface area (Å²) in [5, 5.41) is 0.